The summed E-state index contributed by atoms with van der Waals surface area (Å²) in [6.07, 6.45) is 1.59. The second kappa shape index (κ2) is 11.8. The number of amides is 1. The molecule has 7 nitrogen and oxygen atoms in total. The summed E-state index contributed by atoms with van der Waals surface area (Å²) in [5, 5.41) is 2.97. The molecule has 0 bridgehead atoms. The van der Waals surface area contributed by atoms with Crippen LogP contribution in [0.4, 0.5) is 10.5 Å². The number of piperazine rings is 1. The minimum absolute atomic E-state index is 0.00933. The predicted octanol–water partition coefficient (Wildman–Crippen LogP) is 5.99. The standard InChI is InChI=1S/C35H42BN3O4/c1-34(2)35(3,4)43-36(42-34)26(22-25-14-16-27(17-15-25)39-20-18-38(5)19-21-39)23-37-33(40)41-24-32-30-12-8-6-10-28(30)29-11-7-9-13-31(29)32/h6-17,22,32H,18-21,23-24H2,1-5H3,(H,37,40). The molecule has 0 atom stereocenters. The van der Waals surface area contributed by atoms with Crippen LogP contribution in [0, 0.1) is 0 Å². The molecule has 0 radical (unpaired) electrons. The topological polar surface area (TPSA) is 63.3 Å². The van der Waals surface area contributed by atoms with Gasteiger partial charge in [-0.05, 0) is 80.2 Å². The van der Waals surface area contributed by atoms with Gasteiger partial charge in [0.15, 0.2) is 0 Å². The van der Waals surface area contributed by atoms with Crippen molar-refractivity contribution >= 4 is 25.0 Å². The summed E-state index contributed by atoms with van der Waals surface area (Å²) in [6, 6.07) is 25.2. The molecule has 6 rings (SSSR count). The minimum atomic E-state index is -0.587. The Hall–Kier alpha value is -3.59. The van der Waals surface area contributed by atoms with E-state index in [9.17, 15) is 4.79 Å². The molecule has 0 spiro atoms. The maximum atomic E-state index is 13.0. The van der Waals surface area contributed by atoms with E-state index in [2.05, 4.69) is 88.9 Å². The summed E-state index contributed by atoms with van der Waals surface area (Å²) < 4.78 is 18.6. The first kappa shape index (κ1) is 29.5. The van der Waals surface area contributed by atoms with Gasteiger partial charge in [0.1, 0.15) is 6.61 Å². The highest BCUT2D eigenvalue weighted by atomic mass is 16.7. The Morgan fingerprint density at radius 2 is 1.44 bits per heavy atom. The molecule has 0 unspecified atom stereocenters. The van der Waals surface area contributed by atoms with Gasteiger partial charge in [0.2, 0.25) is 0 Å². The average Bonchev–Trinajstić information content (AvgIpc) is 3.43. The third-order valence-electron chi connectivity index (χ3n) is 9.45. The predicted molar refractivity (Wildman–Crippen MR) is 173 cm³/mol. The molecule has 3 aromatic carbocycles. The number of benzene rings is 3. The quantitative estimate of drug-likeness (QED) is 0.347. The molecule has 1 aliphatic carbocycles. The van der Waals surface area contributed by atoms with E-state index in [4.69, 9.17) is 14.0 Å². The van der Waals surface area contributed by atoms with Crippen LogP contribution in [0.25, 0.3) is 17.2 Å². The number of nitrogens with one attached hydrogen (secondary N) is 1. The smallest absolute Gasteiger partial charge is 0.449 e. The first-order valence-corrected chi connectivity index (χ1v) is 15.3. The van der Waals surface area contributed by atoms with Crippen molar-refractivity contribution in [3.8, 4) is 11.1 Å². The minimum Gasteiger partial charge on any atom is -0.449 e. The Labute approximate surface area is 256 Å². The highest BCUT2D eigenvalue weighted by Crippen LogP contribution is 2.44. The monoisotopic (exact) mass is 579 g/mol. The number of anilines is 1. The lowest BCUT2D eigenvalue weighted by molar-refractivity contribution is 0.00578. The fraction of sp³-hybridized carbons (Fsp3) is 0.400. The highest BCUT2D eigenvalue weighted by molar-refractivity contribution is 6.56. The van der Waals surface area contributed by atoms with Gasteiger partial charge in [-0.15, -0.1) is 0 Å². The number of alkyl carbamates (subject to hydrolysis) is 1. The fourth-order valence-corrected chi connectivity index (χ4v) is 6.08. The molecule has 2 saturated heterocycles. The molecule has 0 saturated carbocycles. The number of likely N-dealkylation sites (N-methyl/N-ethyl adjacent to an activating group) is 1. The van der Waals surface area contributed by atoms with Gasteiger partial charge in [0, 0.05) is 44.3 Å². The largest absolute Gasteiger partial charge is 0.492 e. The van der Waals surface area contributed by atoms with Crippen molar-refractivity contribution in [3.63, 3.8) is 0 Å². The molecular weight excluding hydrogens is 537 g/mol. The van der Waals surface area contributed by atoms with Crippen molar-refractivity contribution in [1.82, 2.24) is 10.2 Å². The summed E-state index contributed by atoms with van der Waals surface area (Å²) in [5.41, 5.74) is 6.88. The van der Waals surface area contributed by atoms with Crippen LogP contribution in [0.2, 0.25) is 0 Å². The van der Waals surface area contributed by atoms with E-state index in [1.807, 2.05) is 39.8 Å². The summed E-state index contributed by atoms with van der Waals surface area (Å²) in [6.45, 7) is 12.8. The zero-order valence-corrected chi connectivity index (χ0v) is 25.9. The molecule has 43 heavy (non-hydrogen) atoms. The highest BCUT2D eigenvalue weighted by Gasteiger charge is 2.52. The molecule has 1 N–H and O–H groups in total. The SMILES string of the molecule is CN1CCN(c2ccc(C=C(CNC(=O)OCC3c4ccccc4-c4ccccc43)B3OC(C)(C)C(C)(C)O3)cc2)CC1. The van der Waals surface area contributed by atoms with Crippen molar-refractivity contribution in [2.45, 2.75) is 44.8 Å². The van der Waals surface area contributed by atoms with Crippen LogP contribution in [0.3, 0.4) is 0 Å². The van der Waals surface area contributed by atoms with E-state index in [-0.39, 0.29) is 19.1 Å². The third kappa shape index (κ3) is 6.10. The third-order valence-corrected chi connectivity index (χ3v) is 9.45. The lowest BCUT2D eigenvalue weighted by atomic mass is 9.77. The number of hydrogen-bond acceptors (Lipinski definition) is 6. The molecule has 1 amide bonds. The number of fused-ring (bicyclic) bond motifs is 3. The zero-order chi connectivity index (χ0) is 30.2. The summed E-state index contributed by atoms with van der Waals surface area (Å²) >= 11 is 0. The van der Waals surface area contributed by atoms with E-state index in [1.165, 1.54) is 27.9 Å². The van der Waals surface area contributed by atoms with Gasteiger partial charge in [-0.25, -0.2) is 4.79 Å². The molecule has 2 aliphatic heterocycles. The average molecular weight is 580 g/mol. The van der Waals surface area contributed by atoms with Crippen LogP contribution >= 0.6 is 0 Å². The maximum Gasteiger partial charge on any atom is 0.492 e. The number of rotatable bonds is 7. The first-order chi connectivity index (χ1) is 20.6. The first-order valence-electron chi connectivity index (χ1n) is 15.3. The van der Waals surface area contributed by atoms with Crippen LogP contribution in [-0.4, -0.2) is 75.7 Å². The second-order valence-corrected chi connectivity index (χ2v) is 12.9. The van der Waals surface area contributed by atoms with Crippen molar-refractivity contribution in [1.29, 1.82) is 0 Å². The second-order valence-electron chi connectivity index (χ2n) is 12.9. The lowest BCUT2D eigenvalue weighted by Crippen LogP contribution is -2.44. The van der Waals surface area contributed by atoms with E-state index in [1.54, 1.807) is 0 Å². The Balaban J connectivity index is 1.15. The van der Waals surface area contributed by atoms with Gasteiger partial charge in [-0.3, -0.25) is 0 Å². The van der Waals surface area contributed by atoms with Gasteiger partial charge in [-0.2, -0.15) is 0 Å². The molecule has 2 heterocycles. The van der Waals surface area contributed by atoms with E-state index in [0.717, 1.165) is 37.2 Å². The fourth-order valence-electron chi connectivity index (χ4n) is 6.08. The van der Waals surface area contributed by atoms with Gasteiger partial charge in [0.25, 0.3) is 0 Å². The van der Waals surface area contributed by atoms with Crippen LogP contribution in [0.15, 0.2) is 78.3 Å². The summed E-state index contributed by atoms with van der Waals surface area (Å²) in [4.78, 5) is 17.8. The van der Waals surface area contributed by atoms with Crippen molar-refractivity contribution < 1.29 is 18.8 Å². The molecular formula is C35H42BN3O4. The van der Waals surface area contributed by atoms with Crippen LogP contribution < -0.4 is 10.2 Å². The summed E-state index contributed by atoms with van der Waals surface area (Å²) in [7, 11) is 1.58. The van der Waals surface area contributed by atoms with Crippen LogP contribution in [-0.2, 0) is 14.0 Å². The number of carbonyl (C=O) groups excluding carboxylic acids is 1. The Bertz CT molecular complexity index is 1430. The van der Waals surface area contributed by atoms with Gasteiger partial charge < -0.3 is 29.2 Å². The van der Waals surface area contributed by atoms with Gasteiger partial charge in [-0.1, -0.05) is 66.7 Å². The van der Waals surface area contributed by atoms with E-state index < -0.39 is 24.4 Å². The van der Waals surface area contributed by atoms with Gasteiger partial charge in [0.05, 0.1) is 11.2 Å². The number of nitrogens with zero attached hydrogens (tertiary/aromatic N) is 2. The Morgan fingerprint density at radius 1 is 0.884 bits per heavy atom. The van der Waals surface area contributed by atoms with Crippen molar-refractivity contribution in [2.24, 2.45) is 0 Å². The van der Waals surface area contributed by atoms with Crippen molar-refractivity contribution in [3.05, 3.63) is 95.0 Å². The number of ether oxygens (including phenoxy) is 1. The number of carbonyl (C=O) groups is 1. The normalized spacial score (nSPS) is 19.7. The van der Waals surface area contributed by atoms with Crippen molar-refractivity contribution in [2.75, 3.05) is 51.3 Å². The molecule has 0 aromatic heterocycles. The molecule has 8 heteroatoms. The van der Waals surface area contributed by atoms with Crippen LogP contribution in [0.1, 0.15) is 50.3 Å². The van der Waals surface area contributed by atoms with Crippen LogP contribution in [0.5, 0.6) is 0 Å². The Kier molecular flexibility index (Phi) is 8.11. The molecule has 3 aromatic rings. The summed E-state index contributed by atoms with van der Waals surface area (Å²) in [5.74, 6) is 0.00933. The maximum absolute atomic E-state index is 13.0. The zero-order valence-electron chi connectivity index (χ0n) is 25.9. The molecule has 224 valence electrons. The number of hydrogen-bond donors (Lipinski definition) is 1. The van der Waals surface area contributed by atoms with E-state index >= 15 is 0 Å². The van der Waals surface area contributed by atoms with E-state index in [0.29, 0.717) is 0 Å². The lowest BCUT2D eigenvalue weighted by Gasteiger charge is -2.34. The molecule has 3 aliphatic rings. The van der Waals surface area contributed by atoms with Gasteiger partial charge >= 0.3 is 13.2 Å². The Morgan fingerprint density at radius 3 is 2.02 bits per heavy atom. The molecule has 2 fully saturated rings.